The zero-order valence-electron chi connectivity index (χ0n) is 11.0. The summed E-state index contributed by atoms with van der Waals surface area (Å²) < 4.78 is 0. The maximum absolute atomic E-state index is 11.8. The van der Waals surface area contributed by atoms with Gasteiger partial charge in [0, 0.05) is 18.8 Å². The Morgan fingerprint density at radius 2 is 1.47 bits per heavy atom. The second kappa shape index (κ2) is 6.71. The molecule has 0 aromatic carbocycles. The second-order valence-electron chi connectivity index (χ2n) is 5.65. The molecule has 0 atom stereocenters. The normalized spacial score (nSPS) is 29.4. The van der Waals surface area contributed by atoms with Gasteiger partial charge in [-0.15, -0.1) is 0 Å². The monoisotopic (exact) mass is 295 g/mol. The van der Waals surface area contributed by atoms with Gasteiger partial charge in [-0.05, 0) is 34.6 Å². The van der Waals surface area contributed by atoms with Crippen LogP contribution in [0.5, 0.6) is 0 Å². The maximum Gasteiger partial charge on any atom is 1.00 e. The Labute approximate surface area is 113 Å². The number of carbonyl (C=O) groups excluding carboxylic acids is 1. The molecule has 0 amide bonds. The van der Waals surface area contributed by atoms with Gasteiger partial charge in [0.1, 0.15) is 0 Å². The molecule has 0 unspecified atom stereocenters. The van der Waals surface area contributed by atoms with E-state index in [0.29, 0.717) is 12.8 Å². The minimum Gasteiger partial charge on any atom is -0.634 e. The van der Waals surface area contributed by atoms with Crippen LogP contribution in [0.25, 0.3) is 0 Å². The third kappa shape index (κ3) is 6.38. The van der Waals surface area contributed by atoms with Gasteiger partial charge in [0.15, 0.2) is 0 Å². The number of piperidine rings is 1. The standard InChI is InChI=1S/C9H19NO2.C2H4O2.Cu/c1-8(2)5-7(11)6-9(3,4)10(8)12;1-2(3)4;/h7,10-11H,5-6H2,1-4H3;1H3,(H,3,4);/q;;+1/p-1. The topological polar surface area (TPSA) is 87.9 Å². The van der Waals surface area contributed by atoms with Crippen molar-refractivity contribution >= 4 is 5.97 Å². The van der Waals surface area contributed by atoms with Crippen LogP contribution in [0, 0.1) is 5.21 Å². The van der Waals surface area contributed by atoms with Gasteiger partial charge in [0.05, 0.1) is 17.2 Å². The minimum absolute atomic E-state index is 0. The predicted molar refractivity (Wildman–Crippen MR) is 58.4 cm³/mol. The van der Waals surface area contributed by atoms with Crippen LogP contribution in [0.1, 0.15) is 47.5 Å². The zero-order valence-corrected chi connectivity index (χ0v) is 11.9. The van der Waals surface area contributed by atoms with Crippen molar-refractivity contribution < 1.29 is 37.1 Å². The van der Waals surface area contributed by atoms with E-state index >= 15 is 0 Å². The average Bonchev–Trinajstić information content (AvgIpc) is 1.96. The zero-order chi connectivity index (χ0) is 13.1. The summed E-state index contributed by atoms with van der Waals surface area (Å²) in [5, 5.41) is 30.5. The van der Waals surface area contributed by atoms with Crippen LogP contribution in [0.4, 0.5) is 0 Å². The summed E-state index contributed by atoms with van der Waals surface area (Å²) in [6.07, 6.45) is 0.901. The van der Waals surface area contributed by atoms with Crippen molar-refractivity contribution in [2.45, 2.75) is 64.6 Å². The fraction of sp³-hybridized carbons (Fsp3) is 0.909. The Morgan fingerprint density at radius 3 is 1.71 bits per heavy atom. The number of hydrogen-bond acceptors (Lipinski definition) is 4. The molecule has 2 N–H and O–H groups in total. The molecule has 0 spiro atoms. The number of hydroxylamine groups is 2. The Morgan fingerprint density at radius 1 is 1.24 bits per heavy atom. The molecule has 5 nitrogen and oxygen atoms in total. The van der Waals surface area contributed by atoms with Crippen molar-refractivity contribution in [1.82, 2.24) is 0 Å². The average molecular weight is 296 g/mol. The smallest absolute Gasteiger partial charge is 0.634 e. The Bertz CT molecular complexity index is 234. The van der Waals surface area contributed by atoms with E-state index in [0.717, 1.165) is 6.92 Å². The number of carbonyl (C=O) groups is 1. The predicted octanol–water partition coefficient (Wildman–Crippen LogP) is -1.17. The van der Waals surface area contributed by atoms with E-state index in [1.165, 1.54) is 0 Å². The molecule has 6 heteroatoms. The van der Waals surface area contributed by atoms with Gasteiger partial charge in [-0.3, -0.25) is 0 Å². The van der Waals surface area contributed by atoms with Crippen LogP contribution in [0.2, 0.25) is 0 Å². The van der Waals surface area contributed by atoms with Gasteiger partial charge in [0.25, 0.3) is 0 Å². The molecule has 1 rings (SSSR count). The van der Waals surface area contributed by atoms with Crippen LogP contribution >= 0.6 is 0 Å². The summed E-state index contributed by atoms with van der Waals surface area (Å²) in [4.78, 5) is 8.89. The Kier molecular flexibility index (Phi) is 7.58. The first-order valence-electron chi connectivity index (χ1n) is 5.39. The van der Waals surface area contributed by atoms with Crippen molar-refractivity contribution in [3.63, 3.8) is 0 Å². The summed E-state index contributed by atoms with van der Waals surface area (Å²) in [6, 6.07) is 0. The first-order chi connectivity index (χ1) is 6.99. The Balaban J connectivity index is 0. The number of aliphatic hydroxyl groups excluding tert-OH is 1. The molecule has 0 radical (unpaired) electrons. The number of rotatable bonds is 0. The molecule has 0 saturated carbocycles. The first kappa shape index (κ1) is 19.2. The molecule has 0 bridgehead atoms. The third-order valence-corrected chi connectivity index (χ3v) is 2.72. The summed E-state index contributed by atoms with van der Waals surface area (Å²) >= 11 is 0. The van der Waals surface area contributed by atoms with E-state index in [-0.39, 0.29) is 39.3 Å². The van der Waals surface area contributed by atoms with Gasteiger partial charge in [0.2, 0.25) is 0 Å². The first-order valence-corrected chi connectivity index (χ1v) is 5.39. The largest absolute Gasteiger partial charge is 1.00 e. The molecule has 1 fully saturated rings. The molecule has 106 valence electrons. The van der Waals surface area contributed by atoms with E-state index in [2.05, 4.69) is 0 Å². The fourth-order valence-corrected chi connectivity index (χ4v) is 2.35. The van der Waals surface area contributed by atoms with Crippen molar-refractivity contribution in [1.29, 1.82) is 0 Å². The molecule has 0 aromatic rings. The van der Waals surface area contributed by atoms with Gasteiger partial charge in [-0.25, -0.2) is 0 Å². The van der Waals surface area contributed by atoms with E-state index in [9.17, 15) is 10.3 Å². The van der Waals surface area contributed by atoms with E-state index in [1.807, 2.05) is 27.7 Å². The third-order valence-electron chi connectivity index (χ3n) is 2.72. The number of nitrogens with one attached hydrogen (secondary N) is 1. The van der Waals surface area contributed by atoms with Crippen molar-refractivity contribution in [3.05, 3.63) is 5.21 Å². The van der Waals surface area contributed by atoms with Crippen molar-refractivity contribution in [3.8, 4) is 0 Å². The van der Waals surface area contributed by atoms with Gasteiger partial charge in [-0.1, -0.05) is 0 Å². The summed E-state index contributed by atoms with van der Waals surface area (Å²) in [7, 11) is 0. The van der Waals surface area contributed by atoms with Crippen LogP contribution in [0.15, 0.2) is 0 Å². The number of quaternary nitrogens is 1. The van der Waals surface area contributed by atoms with Crippen molar-refractivity contribution in [2.75, 3.05) is 0 Å². The molecule has 1 saturated heterocycles. The van der Waals surface area contributed by atoms with E-state index < -0.39 is 5.97 Å². The molecule has 1 heterocycles. The van der Waals surface area contributed by atoms with Crippen LogP contribution in [-0.2, 0) is 21.9 Å². The van der Waals surface area contributed by atoms with Gasteiger partial charge >= 0.3 is 17.1 Å². The van der Waals surface area contributed by atoms with E-state index in [4.69, 9.17) is 9.90 Å². The summed E-state index contributed by atoms with van der Waals surface area (Å²) in [5.41, 5.74) is -0.692. The number of hydrogen-bond donors (Lipinski definition) is 2. The minimum atomic E-state index is -1.08. The molecule has 0 aromatic heterocycles. The molecule has 1 aliphatic heterocycles. The molecular weight excluding hydrogens is 274 g/mol. The maximum atomic E-state index is 11.8. The molecule has 0 aliphatic carbocycles. The number of carboxylic acids is 1. The van der Waals surface area contributed by atoms with Crippen LogP contribution in [-0.4, -0.2) is 28.3 Å². The molecular formula is C11H22CuNO4. The van der Waals surface area contributed by atoms with Crippen molar-refractivity contribution in [2.24, 2.45) is 0 Å². The summed E-state index contributed by atoms with van der Waals surface area (Å²) in [5.74, 6) is -1.08. The summed E-state index contributed by atoms with van der Waals surface area (Å²) in [6.45, 7) is 8.64. The Hall–Kier alpha value is -0.131. The number of aliphatic hydroxyl groups is 1. The second-order valence-corrected chi connectivity index (χ2v) is 5.65. The van der Waals surface area contributed by atoms with Gasteiger partial charge < -0.3 is 25.3 Å². The number of carboxylic acid groups (broad SMARTS) is 1. The fourth-order valence-electron chi connectivity index (χ4n) is 2.35. The molecule has 17 heavy (non-hydrogen) atoms. The number of aliphatic carboxylic acids is 1. The van der Waals surface area contributed by atoms with E-state index in [1.54, 1.807) is 0 Å². The molecule has 1 aliphatic rings. The SMILES string of the molecule is CC(=O)[O-].CC1(C)CC(O)CC(C)(C)[NH+]1[O-].[Cu+]. The van der Waals surface area contributed by atoms with Crippen LogP contribution in [0.3, 0.4) is 0 Å². The quantitative estimate of drug-likeness (QED) is 0.436. The van der Waals surface area contributed by atoms with Crippen LogP contribution < -0.4 is 10.2 Å². The van der Waals surface area contributed by atoms with Gasteiger partial charge in [-0.2, -0.15) is 0 Å².